The molecule has 24 heavy (non-hydrogen) atoms. The summed E-state index contributed by atoms with van der Waals surface area (Å²) in [5, 5.41) is 2.71. The number of amides is 1. The van der Waals surface area contributed by atoms with Crippen molar-refractivity contribution in [2.75, 3.05) is 43.5 Å². The van der Waals surface area contributed by atoms with Gasteiger partial charge in [0.2, 0.25) is 5.91 Å². The Morgan fingerprint density at radius 3 is 2.50 bits per heavy atom. The summed E-state index contributed by atoms with van der Waals surface area (Å²) >= 11 is 0. The van der Waals surface area contributed by atoms with Gasteiger partial charge in [-0.1, -0.05) is 19.1 Å². The molecule has 0 aliphatic carbocycles. The quantitative estimate of drug-likeness (QED) is 0.911. The molecule has 0 bridgehead atoms. The SMILES string of the molecule is CNC(=O)[C@@H](C)CN(C)c1nc2ccccc2nc1N1CCCC1. The molecule has 1 amide bonds. The van der Waals surface area contributed by atoms with E-state index < -0.39 is 0 Å². The lowest BCUT2D eigenvalue weighted by molar-refractivity contribution is -0.123. The Bertz CT molecular complexity index is 726. The van der Waals surface area contributed by atoms with Crippen molar-refractivity contribution in [1.29, 1.82) is 0 Å². The molecule has 1 fully saturated rings. The highest BCUT2D eigenvalue weighted by atomic mass is 16.1. The number of rotatable bonds is 5. The van der Waals surface area contributed by atoms with Gasteiger partial charge in [0.25, 0.3) is 0 Å². The number of hydrogen-bond donors (Lipinski definition) is 1. The predicted molar refractivity (Wildman–Crippen MR) is 97.5 cm³/mol. The molecule has 1 aliphatic heterocycles. The molecule has 3 rings (SSSR count). The summed E-state index contributed by atoms with van der Waals surface area (Å²) in [4.78, 5) is 25.9. The Hall–Kier alpha value is -2.37. The average Bonchev–Trinajstić information content (AvgIpc) is 3.14. The zero-order valence-electron chi connectivity index (χ0n) is 14.6. The summed E-state index contributed by atoms with van der Waals surface area (Å²) in [5.41, 5.74) is 1.80. The molecule has 0 saturated carbocycles. The van der Waals surface area contributed by atoms with Crippen LogP contribution in [0.5, 0.6) is 0 Å². The highest BCUT2D eigenvalue weighted by molar-refractivity contribution is 5.82. The van der Waals surface area contributed by atoms with E-state index in [-0.39, 0.29) is 11.8 Å². The normalized spacial score (nSPS) is 15.5. The Labute approximate surface area is 142 Å². The molecule has 1 saturated heterocycles. The maximum absolute atomic E-state index is 11.8. The molecule has 1 N–H and O–H groups in total. The van der Waals surface area contributed by atoms with Gasteiger partial charge in [0, 0.05) is 33.7 Å². The van der Waals surface area contributed by atoms with Crippen molar-refractivity contribution in [3.8, 4) is 0 Å². The largest absolute Gasteiger partial charge is 0.359 e. The number of nitrogens with zero attached hydrogens (tertiary/aromatic N) is 4. The minimum Gasteiger partial charge on any atom is -0.359 e. The number of nitrogens with one attached hydrogen (secondary N) is 1. The monoisotopic (exact) mass is 327 g/mol. The molecule has 1 aliphatic rings. The van der Waals surface area contributed by atoms with Gasteiger partial charge in [-0.15, -0.1) is 0 Å². The van der Waals surface area contributed by atoms with Crippen molar-refractivity contribution in [3.63, 3.8) is 0 Å². The third-order valence-electron chi connectivity index (χ3n) is 4.54. The Balaban J connectivity index is 1.97. The highest BCUT2D eigenvalue weighted by Crippen LogP contribution is 2.30. The van der Waals surface area contributed by atoms with Crippen molar-refractivity contribution < 1.29 is 4.79 Å². The smallest absolute Gasteiger partial charge is 0.224 e. The number of fused-ring (bicyclic) bond motifs is 1. The second kappa shape index (κ2) is 7.03. The Morgan fingerprint density at radius 1 is 1.25 bits per heavy atom. The number of benzene rings is 1. The maximum atomic E-state index is 11.8. The second-order valence-electron chi connectivity index (χ2n) is 6.45. The van der Waals surface area contributed by atoms with Gasteiger partial charge in [-0.25, -0.2) is 9.97 Å². The fraction of sp³-hybridized carbons (Fsp3) is 0.500. The minimum atomic E-state index is -0.111. The molecule has 6 heteroatoms. The first-order valence-electron chi connectivity index (χ1n) is 8.54. The van der Waals surface area contributed by atoms with E-state index in [0.29, 0.717) is 6.54 Å². The molecule has 2 heterocycles. The molecule has 1 aromatic heterocycles. The van der Waals surface area contributed by atoms with Crippen molar-refractivity contribution in [3.05, 3.63) is 24.3 Å². The summed E-state index contributed by atoms with van der Waals surface area (Å²) in [6.07, 6.45) is 2.37. The van der Waals surface area contributed by atoms with Gasteiger partial charge in [0.15, 0.2) is 11.6 Å². The van der Waals surface area contributed by atoms with Gasteiger partial charge >= 0.3 is 0 Å². The van der Waals surface area contributed by atoms with Crippen LogP contribution in [0.2, 0.25) is 0 Å². The molecule has 0 spiro atoms. The van der Waals surface area contributed by atoms with E-state index in [9.17, 15) is 4.79 Å². The van der Waals surface area contributed by atoms with E-state index in [1.54, 1.807) is 7.05 Å². The molecule has 1 aromatic carbocycles. The maximum Gasteiger partial charge on any atom is 0.224 e. The topological polar surface area (TPSA) is 61.4 Å². The lowest BCUT2D eigenvalue weighted by Gasteiger charge is -2.27. The number of anilines is 2. The molecular formula is C18H25N5O. The van der Waals surface area contributed by atoms with Crippen molar-refractivity contribution >= 4 is 28.6 Å². The first kappa shape index (κ1) is 16.5. The van der Waals surface area contributed by atoms with E-state index >= 15 is 0 Å². The number of carbonyl (C=O) groups excluding carboxylic acids is 1. The van der Waals surface area contributed by atoms with Gasteiger partial charge in [-0.05, 0) is 25.0 Å². The van der Waals surface area contributed by atoms with Crippen LogP contribution < -0.4 is 15.1 Å². The van der Waals surface area contributed by atoms with Gasteiger partial charge in [-0.3, -0.25) is 4.79 Å². The minimum absolute atomic E-state index is 0.0401. The Kier molecular flexibility index (Phi) is 4.83. The zero-order chi connectivity index (χ0) is 17.1. The molecule has 6 nitrogen and oxygen atoms in total. The predicted octanol–water partition coefficient (Wildman–Crippen LogP) is 2.05. The zero-order valence-corrected chi connectivity index (χ0v) is 14.6. The Morgan fingerprint density at radius 2 is 1.88 bits per heavy atom. The van der Waals surface area contributed by atoms with E-state index in [4.69, 9.17) is 9.97 Å². The molecular weight excluding hydrogens is 302 g/mol. The van der Waals surface area contributed by atoms with Crippen LogP contribution in [0.3, 0.4) is 0 Å². The molecule has 1 atom stereocenters. The lowest BCUT2D eigenvalue weighted by atomic mass is 10.1. The van der Waals surface area contributed by atoms with Crippen molar-refractivity contribution in [1.82, 2.24) is 15.3 Å². The fourth-order valence-electron chi connectivity index (χ4n) is 3.21. The average molecular weight is 327 g/mol. The third-order valence-corrected chi connectivity index (χ3v) is 4.54. The van der Waals surface area contributed by atoms with Crippen molar-refractivity contribution in [2.45, 2.75) is 19.8 Å². The lowest BCUT2D eigenvalue weighted by Crippen LogP contribution is -2.35. The third kappa shape index (κ3) is 3.27. The summed E-state index contributed by atoms with van der Waals surface area (Å²) in [6.45, 7) is 4.56. The first-order valence-corrected chi connectivity index (χ1v) is 8.54. The summed E-state index contributed by atoms with van der Waals surface area (Å²) in [7, 11) is 3.65. The summed E-state index contributed by atoms with van der Waals surface area (Å²) in [5.74, 6) is 1.71. The first-order chi connectivity index (χ1) is 11.6. The molecule has 0 unspecified atom stereocenters. The van der Waals surface area contributed by atoms with E-state index in [0.717, 1.165) is 35.8 Å². The fourth-order valence-corrected chi connectivity index (χ4v) is 3.21. The van der Waals surface area contributed by atoms with Crippen LogP contribution in [0.15, 0.2) is 24.3 Å². The second-order valence-corrected chi connectivity index (χ2v) is 6.45. The van der Waals surface area contributed by atoms with Crippen LogP contribution in [-0.2, 0) is 4.79 Å². The van der Waals surface area contributed by atoms with E-state index in [1.807, 2.05) is 43.1 Å². The van der Waals surface area contributed by atoms with Gasteiger partial charge in [-0.2, -0.15) is 0 Å². The van der Waals surface area contributed by atoms with E-state index in [2.05, 4.69) is 10.2 Å². The van der Waals surface area contributed by atoms with Gasteiger partial charge in [0.1, 0.15) is 0 Å². The van der Waals surface area contributed by atoms with E-state index in [1.165, 1.54) is 12.8 Å². The van der Waals surface area contributed by atoms with Gasteiger partial charge in [0.05, 0.1) is 17.0 Å². The van der Waals surface area contributed by atoms with Crippen LogP contribution in [0.4, 0.5) is 11.6 Å². The van der Waals surface area contributed by atoms with Crippen LogP contribution in [0, 0.1) is 5.92 Å². The van der Waals surface area contributed by atoms with Crippen LogP contribution in [-0.4, -0.2) is 49.6 Å². The van der Waals surface area contributed by atoms with Gasteiger partial charge < -0.3 is 15.1 Å². The summed E-state index contributed by atoms with van der Waals surface area (Å²) < 4.78 is 0. The van der Waals surface area contributed by atoms with Crippen LogP contribution in [0.25, 0.3) is 11.0 Å². The number of carbonyl (C=O) groups is 1. The van der Waals surface area contributed by atoms with Crippen molar-refractivity contribution in [2.24, 2.45) is 5.92 Å². The van der Waals surface area contributed by atoms with Crippen LogP contribution >= 0.6 is 0 Å². The number of aromatic nitrogens is 2. The standard InChI is InChI=1S/C18H25N5O/c1-13(18(24)19-2)12-22(3)16-17(23-10-6-7-11-23)21-15-9-5-4-8-14(15)20-16/h4-5,8-9,13H,6-7,10-12H2,1-3H3,(H,19,24)/t13-/m0/s1. The van der Waals surface area contributed by atoms with Crippen LogP contribution in [0.1, 0.15) is 19.8 Å². The highest BCUT2D eigenvalue weighted by Gasteiger charge is 2.23. The molecule has 128 valence electrons. The number of hydrogen-bond acceptors (Lipinski definition) is 5. The summed E-state index contributed by atoms with van der Waals surface area (Å²) in [6, 6.07) is 7.94. The molecule has 0 radical (unpaired) electrons. The number of para-hydroxylation sites is 2. The molecule has 2 aromatic rings.